The number of halogens is 3. The average molecular weight is 276 g/mol. The van der Waals surface area contributed by atoms with Gasteiger partial charge in [-0.2, -0.15) is 0 Å². The van der Waals surface area contributed by atoms with Crippen LogP contribution < -0.4 is 5.32 Å². The molecule has 1 fully saturated rings. The summed E-state index contributed by atoms with van der Waals surface area (Å²) in [5, 5.41) is 2.70. The molecule has 0 radical (unpaired) electrons. The molecule has 92 valence electrons. The monoisotopic (exact) mass is 275 g/mol. The molecule has 1 N–H and O–H groups in total. The van der Waals surface area contributed by atoms with E-state index in [9.17, 15) is 9.18 Å². The van der Waals surface area contributed by atoms with Gasteiger partial charge in [0.15, 0.2) is 0 Å². The van der Waals surface area contributed by atoms with Gasteiger partial charge in [-0.1, -0.05) is 17.7 Å². The van der Waals surface area contributed by atoms with Crippen LogP contribution in [0.1, 0.15) is 29.6 Å². The molecule has 2 nitrogen and oxygen atoms in total. The number of amides is 1. The van der Waals surface area contributed by atoms with Gasteiger partial charge >= 0.3 is 0 Å². The third-order valence-corrected chi connectivity index (χ3v) is 4.04. The molecule has 1 saturated carbocycles. The van der Waals surface area contributed by atoms with E-state index in [1.807, 2.05) is 0 Å². The predicted molar refractivity (Wildman–Crippen MR) is 66.2 cm³/mol. The lowest BCUT2D eigenvalue weighted by Crippen LogP contribution is -2.55. The Morgan fingerprint density at radius 3 is 2.71 bits per heavy atom. The fourth-order valence-electron chi connectivity index (χ4n) is 1.88. The molecular weight excluding hydrogens is 264 g/mol. The number of rotatable bonds is 3. The Hall–Kier alpha value is -0.800. The molecule has 0 unspecified atom stereocenters. The van der Waals surface area contributed by atoms with Crippen LogP contribution in [0.5, 0.6) is 0 Å². The minimum absolute atomic E-state index is 0.144. The van der Waals surface area contributed by atoms with Crippen molar-refractivity contribution in [1.82, 2.24) is 5.32 Å². The van der Waals surface area contributed by atoms with Gasteiger partial charge in [-0.15, -0.1) is 11.6 Å². The van der Waals surface area contributed by atoms with Crippen LogP contribution >= 0.6 is 23.2 Å². The van der Waals surface area contributed by atoms with Crippen molar-refractivity contribution in [2.24, 2.45) is 0 Å². The SMILES string of the molecule is O=C(NC1(CCl)CCC1)c1cccc(F)c1Cl. The minimum atomic E-state index is -0.590. The number of hydrogen-bond acceptors (Lipinski definition) is 1. The van der Waals surface area contributed by atoms with Crippen molar-refractivity contribution in [3.05, 3.63) is 34.6 Å². The molecule has 1 amide bonds. The summed E-state index contributed by atoms with van der Waals surface area (Å²) in [6, 6.07) is 4.19. The lowest BCUT2D eigenvalue weighted by Gasteiger charge is -2.41. The zero-order valence-corrected chi connectivity index (χ0v) is 10.6. The standard InChI is InChI=1S/C12H12Cl2FNO/c13-7-12(5-2-6-12)16-11(17)8-3-1-4-9(15)10(8)14/h1,3-4H,2,5-7H2,(H,16,17). The summed E-state index contributed by atoms with van der Waals surface area (Å²) >= 11 is 11.6. The highest BCUT2D eigenvalue weighted by atomic mass is 35.5. The molecule has 0 aliphatic heterocycles. The van der Waals surface area contributed by atoms with Crippen molar-refractivity contribution in [2.45, 2.75) is 24.8 Å². The Kier molecular flexibility index (Phi) is 3.59. The molecule has 1 aliphatic carbocycles. The summed E-state index contributed by atoms with van der Waals surface area (Å²) in [6.07, 6.45) is 2.76. The van der Waals surface area contributed by atoms with Gasteiger partial charge in [-0.25, -0.2) is 4.39 Å². The third kappa shape index (κ3) is 2.40. The van der Waals surface area contributed by atoms with Crippen LogP contribution in [0, 0.1) is 5.82 Å². The Morgan fingerprint density at radius 2 is 2.18 bits per heavy atom. The molecule has 0 heterocycles. The number of carbonyl (C=O) groups is 1. The van der Waals surface area contributed by atoms with Crippen LogP contribution in [-0.2, 0) is 0 Å². The number of carbonyl (C=O) groups excluding carboxylic acids is 1. The summed E-state index contributed by atoms with van der Waals surface area (Å²) < 4.78 is 13.2. The number of hydrogen-bond donors (Lipinski definition) is 1. The highest BCUT2D eigenvalue weighted by Crippen LogP contribution is 2.33. The van der Waals surface area contributed by atoms with E-state index in [1.54, 1.807) is 0 Å². The molecule has 2 rings (SSSR count). The second kappa shape index (κ2) is 4.83. The molecule has 1 aromatic carbocycles. The highest BCUT2D eigenvalue weighted by molar-refractivity contribution is 6.34. The Bertz CT molecular complexity index is 441. The minimum Gasteiger partial charge on any atom is -0.345 e. The smallest absolute Gasteiger partial charge is 0.253 e. The Morgan fingerprint density at radius 1 is 1.47 bits per heavy atom. The van der Waals surface area contributed by atoms with Crippen LogP contribution in [0.3, 0.4) is 0 Å². The van der Waals surface area contributed by atoms with Crippen molar-refractivity contribution < 1.29 is 9.18 Å². The van der Waals surface area contributed by atoms with Gasteiger partial charge < -0.3 is 5.32 Å². The number of alkyl halides is 1. The van der Waals surface area contributed by atoms with Crippen LogP contribution in [0.2, 0.25) is 5.02 Å². The molecule has 0 aromatic heterocycles. The van der Waals surface area contributed by atoms with Gasteiger partial charge in [0.1, 0.15) is 5.82 Å². The summed E-state index contributed by atoms with van der Waals surface area (Å²) in [4.78, 5) is 12.0. The quantitative estimate of drug-likeness (QED) is 0.842. The van der Waals surface area contributed by atoms with E-state index in [2.05, 4.69) is 5.32 Å². The topological polar surface area (TPSA) is 29.1 Å². The number of nitrogens with one attached hydrogen (secondary N) is 1. The van der Waals surface area contributed by atoms with E-state index in [1.165, 1.54) is 18.2 Å². The summed E-state index contributed by atoms with van der Waals surface area (Å²) in [7, 11) is 0. The first-order valence-electron chi connectivity index (χ1n) is 5.40. The highest BCUT2D eigenvalue weighted by Gasteiger charge is 2.38. The van der Waals surface area contributed by atoms with Gasteiger partial charge in [0.25, 0.3) is 5.91 Å². The zero-order chi connectivity index (χ0) is 12.5. The van der Waals surface area contributed by atoms with Crippen LogP contribution in [0.4, 0.5) is 4.39 Å². The maximum atomic E-state index is 13.2. The Balaban J connectivity index is 2.17. The van der Waals surface area contributed by atoms with Crippen LogP contribution in [0.15, 0.2) is 18.2 Å². The summed E-state index contributed by atoms with van der Waals surface area (Å²) in [6.45, 7) is 0. The van der Waals surface area contributed by atoms with Crippen LogP contribution in [0.25, 0.3) is 0 Å². The van der Waals surface area contributed by atoms with Gasteiger partial charge in [0.2, 0.25) is 0 Å². The van der Waals surface area contributed by atoms with Crippen molar-refractivity contribution >= 4 is 29.1 Å². The van der Waals surface area contributed by atoms with Crippen molar-refractivity contribution in [1.29, 1.82) is 0 Å². The molecule has 1 aromatic rings. The first-order valence-corrected chi connectivity index (χ1v) is 6.32. The molecule has 0 bridgehead atoms. The summed E-state index contributed by atoms with van der Waals surface area (Å²) in [5.74, 6) is -0.589. The molecular formula is C12H12Cl2FNO. The fourth-order valence-corrected chi connectivity index (χ4v) is 2.43. The normalized spacial score (nSPS) is 17.4. The first kappa shape index (κ1) is 12.7. The first-order chi connectivity index (χ1) is 8.08. The Labute approximate surface area is 109 Å². The molecule has 0 atom stereocenters. The van der Waals surface area contributed by atoms with Crippen LogP contribution in [-0.4, -0.2) is 17.3 Å². The van der Waals surface area contributed by atoms with Gasteiger partial charge in [-0.05, 0) is 31.4 Å². The van der Waals surface area contributed by atoms with E-state index in [4.69, 9.17) is 23.2 Å². The third-order valence-electron chi connectivity index (χ3n) is 3.14. The molecule has 17 heavy (non-hydrogen) atoms. The zero-order valence-electron chi connectivity index (χ0n) is 9.10. The van der Waals surface area contributed by atoms with Crippen molar-refractivity contribution in [2.75, 3.05) is 5.88 Å². The molecule has 0 saturated heterocycles. The predicted octanol–water partition coefficient (Wildman–Crippen LogP) is 3.37. The average Bonchev–Trinajstić information content (AvgIpc) is 2.27. The maximum Gasteiger partial charge on any atom is 0.253 e. The van der Waals surface area contributed by atoms with Gasteiger partial charge in [-0.3, -0.25) is 4.79 Å². The number of benzene rings is 1. The second-order valence-electron chi connectivity index (χ2n) is 4.32. The molecule has 0 spiro atoms. The molecule has 5 heteroatoms. The van der Waals surface area contributed by atoms with Crippen molar-refractivity contribution in [3.63, 3.8) is 0 Å². The molecule has 1 aliphatic rings. The van der Waals surface area contributed by atoms with Crippen molar-refractivity contribution in [3.8, 4) is 0 Å². The summed E-state index contributed by atoms with van der Waals surface area (Å²) in [5.41, 5.74) is -0.183. The van der Waals surface area contributed by atoms with E-state index in [0.29, 0.717) is 5.88 Å². The second-order valence-corrected chi connectivity index (χ2v) is 4.97. The van der Waals surface area contributed by atoms with E-state index < -0.39 is 5.82 Å². The van der Waals surface area contributed by atoms with Gasteiger partial charge in [0, 0.05) is 5.88 Å². The van der Waals surface area contributed by atoms with Gasteiger partial charge in [0.05, 0.1) is 16.1 Å². The van der Waals surface area contributed by atoms with E-state index in [-0.39, 0.29) is 22.0 Å². The largest absolute Gasteiger partial charge is 0.345 e. The lowest BCUT2D eigenvalue weighted by molar-refractivity contribution is 0.0853. The van der Waals surface area contributed by atoms with E-state index >= 15 is 0 Å². The fraction of sp³-hybridized carbons (Fsp3) is 0.417. The van der Waals surface area contributed by atoms with E-state index in [0.717, 1.165) is 19.3 Å². The lowest BCUT2D eigenvalue weighted by atomic mass is 9.78. The maximum absolute atomic E-state index is 13.2.